The molecule has 1 aromatic heterocycles. The highest BCUT2D eigenvalue weighted by atomic mass is 127. The van der Waals surface area contributed by atoms with Crippen LogP contribution in [0.25, 0.3) is 10.9 Å². The molecule has 0 aliphatic carbocycles. The van der Waals surface area contributed by atoms with Gasteiger partial charge in [0.25, 0.3) is 0 Å². The van der Waals surface area contributed by atoms with Crippen LogP contribution in [0.15, 0.2) is 59.6 Å². The fourth-order valence-corrected chi connectivity index (χ4v) is 3.08. The lowest BCUT2D eigenvalue weighted by atomic mass is 10.2. The lowest BCUT2D eigenvalue weighted by molar-refractivity contribution is 0.624. The molecular weight excluding hydrogens is 412 g/mol. The number of aromatic nitrogens is 1. The van der Waals surface area contributed by atoms with Gasteiger partial charge in [-0.2, -0.15) is 0 Å². The van der Waals surface area contributed by atoms with Gasteiger partial charge < -0.3 is 10.3 Å². The third-order valence-electron chi connectivity index (χ3n) is 3.21. The van der Waals surface area contributed by atoms with Crippen molar-refractivity contribution in [1.29, 1.82) is 5.41 Å². The van der Waals surface area contributed by atoms with Crippen LogP contribution < -0.4 is 5.73 Å². The van der Waals surface area contributed by atoms with E-state index in [1.807, 2.05) is 36.5 Å². The number of para-hydroxylation sites is 1. The Kier molecular flexibility index (Phi) is 5.47. The molecule has 3 rings (SSSR count). The van der Waals surface area contributed by atoms with Crippen molar-refractivity contribution in [2.24, 2.45) is 5.73 Å². The van der Waals surface area contributed by atoms with Crippen LogP contribution in [-0.2, 0) is 6.54 Å². The highest BCUT2D eigenvalue weighted by Gasteiger charge is 2.10. The van der Waals surface area contributed by atoms with Gasteiger partial charge in [-0.05, 0) is 23.8 Å². The first kappa shape index (κ1) is 16.8. The fourth-order valence-electron chi connectivity index (χ4n) is 2.38. The van der Waals surface area contributed by atoms with Gasteiger partial charge in [0.15, 0.2) is 5.17 Å². The number of rotatable bonds is 3. The maximum Gasteiger partial charge on any atom is 0.156 e. The average Bonchev–Trinajstić information content (AvgIpc) is 2.77. The Bertz CT molecular complexity index is 816. The second-order valence-corrected chi connectivity index (χ2v) is 5.82. The number of halogens is 2. The minimum Gasteiger partial charge on any atom is -0.378 e. The van der Waals surface area contributed by atoms with Crippen molar-refractivity contribution in [3.63, 3.8) is 0 Å². The van der Waals surface area contributed by atoms with Crippen molar-refractivity contribution in [3.8, 4) is 0 Å². The molecule has 0 amide bonds. The summed E-state index contributed by atoms with van der Waals surface area (Å²) in [5, 5.41) is 8.56. The number of hydrogen-bond acceptors (Lipinski definition) is 2. The Labute approximate surface area is 149 Å². The first-order valence-electron chi connectivity index (χ1n) is 6.47. The molecule has 0 bridgehead atoms. The van der Waals surface area contributed by atoms with Gasteiger partial charge in [0.1, 0.15) is 5.82 Å². The van der Waals surface area contributed by atoms with Gasteiger partial charge in [-0.15, -0.1) is 24.0 Å². The third kappa shape index (κ3) is 3.61. The topological polar surface area (TPSA) is 54.8 Å². The lowest BCUT2D eigenvalue weighted by Gasteiger charge is -2.05. The molecule has 114 valence electrons. The Morgan fingerprint density at radius 3 is 2.68 bits per heavy atom. The van der Waals surface area contributed by atoms with E-state index in [1.54, 1.807) is 6.07 Å². The van der Waals surface area contributed by atoms with Crippen molar-refractivity contribution < 1.29 is 4.39 Å². The summed E-state index contributed by atoms with van der Waals surface area (Å²) < 4.78 is 15.4. The second-order valence-electron chi connectivity index (χ2n) is 4.73. The highest BCUT2D eigenvalue weighted by Crippen LogP contribution is 2.30. The normalized spacial score (nSPS) is 10.4. The molecule has 0 unspecified atom stereocenters. The predicted octanol–water partition coefficient (Wildman–Crippen LogP) is 4.43. The van der Waals surface area contributed by atoms with E-state index in [0.717, 1.165) is 21.4 Å². The molecule has 1 heterocycles. The summed E-state index contributed by atoms with van der Waals surface area (Å²) in [5.41, 5.74) is 7.43. The summed E-state index contributed by atoms with van der Waals surface area (Å²) in [6.07, 6.45) is 1.96. The molecule has 0 saturated carbocycles. The van der Waals surface area contributed by atoms with Crippen molar-refractivity contribution in [3.05, 3.63) is 66.1 Å². The molecule has 2 aromatic carbocycles. The second kappa shape index (κ2) is 7.15. The van der Waals surface area contributed by atoms with Gasteiger partial charge in [0, 0.05) is 28.5 Å². The van der Waals surface area contributed by atoms with E-state index >= 15 is 0 Å². The van der Waals surface area contributed by atoms with Crippen LogP contribution in [0.3, 0.4) is 0 Å². The maximum atomic E-state index is 13.3. The van der Waals surface area contributed by atoms with Crippen LogP contribution in [0.1, 0.15) is 5.56 Å². The lowest BCUT2D eigenvalue weighted by Crippen LogP contribution is -2.02. The summed E-state index contributed by atoms with van der Waals surface area (Å²) in [6, 6.07) is 14.5. The Morgan fingerprint density at radius 2 is 1.95 bits per heavy atom. The van der Waals surface area contributed by atoms with E-state index in [1.165, 1.54) is 23.9 Å². The minimum atomic E-state index is -0.234. The van der Waals surface area contributed by atoms with Crippen molar-refractivity contribution in [2.45, 2.75) is 11.4 Å². The molecular formula is C16H15FIN3S. The Morgan fingerprint density at radius 1 is 1.18 bits per heavy atom. The SMILES string of the molecule is I.N=C(N)Sc1cn(Cc2cccc(F)c2)c2ccccc12. The zero-order valence-electron chi connectivity index (χ0n) is 11.6. The largest absolute Gasteiger partial charge is 0.378 e. The number of thioether (sulfide) groups is 1. The molecule has 0 radical (unpaired) electrons. The van der Waals surface area contributed by atoms with Crippen LogP contribution in [-0.4, -0.2) is 9.73 Å². The van der Waals surface area contributed by atoms with E-state index in [9.17, 15) is 4.39 Å². The van der Waals surface area contributed by atoms with E-state index in [-0.39, 0.29) is 35.0 Å². The molecule has 0 aliphatic heterocycles. The standard InChI is InChI=1S/C16H14FN3S.HI/c17-12-5-3-4-11(8-12)9-20-10-15(21-16(18)19)13-6-1-2-7-14(13)20;/h1-8,10H,9H2,(H3,18,19);1H. The first-order chi connectivity index (χ1) is 10.1. The van der Waals surface area contributed by atoms with Gasteiger partial charge in [-0.25, -0.2) is 4.39 Å². The monoisotopic (exact) mass is 427 g/mol. The predicted molar refractivity (Wildman–Crippen MR) is 101 cm³/mol. The van der Waals surface area contributed by atoms with Gasteiger partial charge in [-0.3, -0.25) is 5.41 Å². The molecule has 3 aromatic rings. The average molecular weight is 427 g/mol. The van der Waals surface area contributed by atoms with Gasteiger partial charge >= 0.3 is 0 Å². The summed E-state index contributed by atoms with van der Waals surface area (Å²) in [4.78, 5) is 0.939. The number of nitrogens with one attached hydrogen (secondary N) is 1. The molecule has 3 nitrogen and oxygen atoms in total. The fraction of sp³-hybridized carbons (Fsp3) is 0.0625. The van der Waals surface area contributed by atoms with E-state index in [4.69, 9.17) is 11.1 Å². The number of amidine groups is 1. The highest BCUT2D eigenvalue weighted by molar-refractivity contribution is 14.0. The number of hydrogen-bond donors (Lipinski definition) is 2. The molecule has 0 fully saturated rings. The van der Waals surface area contributed by atoms with Crippen LogP contribution in [0.4, 0.5) is 4.39 Å². The number of nitrogens with zero attached hydrogens (tertiary/aromatic N) is 1. The van der Waals surface area contributed by atoms with E-state index < -0.39 is 0 Å². The third-order valence-corrected chi connectivity index (χ3v) is 3.98. The van der Waals surface area contributed by atoms with Gasteiger partial charge in [0.05, 0.1) is 0 Å². The smallest absolute Gasteiger partial charge is 0.156 e. The van der Waals surface area contributed by atoms with Crippen molar-refractivity contribution >= 4 is 51.8 Å². The van der Waals surface area contributed by atoms with E-state index in [0.29, 0.717) is 6.54 Å². The molecule has 6 heteroatoms. The summed E-state index contributed by atoms with van der Waals surface area (Å²) in [5.74, 6) is -0.234. The van der Waals surface area contributed by atoms with Crippen LogP contribution in [0, 0.1) is 11.2 Å². The maximum absolute atomic E-state index is 13.3. The zero-order chi connectivity index (χ0) is 14.8. The summed E-state index contributed by atoms with van der Waals surface area (Å²) in [7, 11) is 0. The first-order valence-corrected chi connectivity index (χ1v) is 7.29. The summed E-state index contributed by atoms with van der Waals surface area (Å²) in [6.45, 7) is 0.580. The summed E-state index contributed by atoms with van der Waals surface area (Å²) >= 11 is 1.23. The Balaban J connectivity index is 0.00000176. The Hall–Kier alpha value is -1.54. The van der Waals surface area contributed by atoms with Gasteiger partial charge in [0.2, 0.25) is 0 Å². The molecule has 3 N–H and O–H groups in total. The zero-order valence-corrected chi connectivity index (χ0v) is 14.8. The molecule has 0 saturated heterocycles. The van der Waals surface area contributed by atoms with Crippen LogP contribution in [0.5, 0.6) is 0 Å². The van der Waals surface area contributed by atoms with E-state index in [2.05, 4.69) is 4.57 Å². The molecule has 0 spiro atoms. The van der Waals surface area contributed by atoms with Crippen LogP contribution >= 0.6 is 35.7 Å². The molecule has 22 heavy (non-hydrogen) atoms. The molecule has 0 aliphatic rings. The van der Waals surface area contributed by atoms with Crippen molar-refractivity contribution in [1.82, 2.24) is 4.57 Å². The molecule has 0 atom stereocenters. The number of fused-ring (bicyclic) bond motifs is 1. The van der Waals surface area contributed by atoms with Crippen molar-refractivity contribution in [2.75, 3.05) is 0 Å². The number of nitrogens with two attached hydrogens (primary N) is 1. The minimum absolute atomic E-state index is 0. The van der Waals surface area contributed by atoms with Crippen LogP contribution in [0.2, 0.25) is 0 Å². The van der Waals surface area contributed by atoms with Gasteiger partial charge in [-0.1, -0.05) is 42.1 Å². The number of benzene rings is 2. The quantitative estimate of drug-likeness (QED) is 0.281.